The number of carbonyl (C=O) groups excluding carboxylic acids is 1. The number of rotatable bonds is 5. The second kappa shape index (κ2) is 7.59. The Morgan fingerprint density at radius 3 is 2.52 bits per heavy atom. The Labute approximate surface area is 137 Å². The highest BCUT2D eigenvalue weighted by atomic mass is 79.9. The molecule has 1 amide bonds. The van der Waals surface area contributed by atoms with E-state index in [1.54, 1.807) is 24.3 Å². The van der Waals surface area contributed by atoms with Gasteiger partial charge in [-0.15, -0.1) is 0 Å². The number of hydrogen-bond acceptors (Lipinski definition) is 2. The van der Waals surface area contributed by atoms with E-state index in [2.05, 4.69) is 26.6 Å². The lowest BCUT2D eigenvalue weighted by Crippen LogP contribution is -2.30. The SMILES string of the molecule is C[C@H](NCC(=O)Nc1ccc(Cl)cc1)c1ccccc1Br. The Morgan fingerprint density at radius 1 is 1.19 bits per heavy atom. The van der Waals surface area contributed by atoms with Crippen molar-refractivity contribution < 1.29 is 4.79 Å². The smallest absolute Gasteiger partial charge is 0.238 e. The van der Waals surface area contributed by atoms with Gasteiger partial charge in [0.05, 0.1) is 6.54 Å². The molecule has 0 saturated carbocycles. The van der Waals surface area contributed by atoms with Crippen molar-refractivity contribution in [3.8, 4) is 0 Å². The molecule has 2 N–H and O–H groups in total. The predicted octanol–water partition coefficient (Wildman–Crippen LogP) is 4.39. The second-order valence-corrected chi connectivity index (χ2v) is 5.97. The monoisotopic (exact) mass is 366 g/mol. The van der Waals surface area contributed by atoms with Gasteiger partial charge in [-0.2, -0.15) is 0 Å². The highest BCUT2D eigenvalue weighted by Crippen LogP contribution is 2.22. The molecular formula is C16H16BrClN2O. The first kappa shape index (κ1) is 16.0. The molecule has 0 fully saturated rings. The van der Waals surface area contributed by atoms with Crippen molar-refractivity contribution in [2.75, 3.05) is 11.9 Å². The van der Waals surface area contributed by atoms with Crippen LogP contribution in [0.5, 0.6) is 0 Å². The van der Waals surface area contributed by atoms with Crippen molar-refractivity contribution in [3.05, 3.63) is 63.6 Å². The van der Waals surface area contributed by atoms with E-state index in [9.17, 15) is 4.79 Å². The van der Waals surface area contributed by atoms with Gasteiger partial charge in [-0.1, -0.05) is 45.7 Å². The van der Waals surface area contributed by atoms with E-state index < -0.39 is 0 Å². The van der Waals surface area contributed by atoms with Gasteiger partial charge in [-0.05, 0) is 42.8 Å². The average Bonchev–Trinajstić information content (AvgIpc) is 2.48. The quantitative estimate of drug-likeness (QED) is 0.823. The number of benzene rings is 2. The molecule has 0 aliphatic rings. The summed E-state index contributed by atoms with van der Waals surface area (Å²) in [6, 6.07) is 15.1. The highest BCUT2D eigenvalue weighted by molar-refractivity contribution is 9.10. The van der Waals surface area contributed by atoms with E-state index in [1.807, 2.05) is 31.2 Å². The molecule has 0 bridgehead atoms. The minimum Gasteiger partial charge on any atom is -0.325 e. The molecule has 0 unspecified atom stereocenters. The van der Waals surface area contributed by atoms with Crippen molar-refractivity contribution in [1.82, 2.24) is 5.32 Å². The molecule has 0 radical (unpaired) electrons. The number of amides is 1. The zero-order valence-electron chi connectivity index (χ0n) is 11.6. The van der Waals surface area contributed by atoms with Gasteiger partial charge < -0.3 is 10.6 Å². The lowest BCUT2D eigenvalue weighted by molar-refractivity contribution is -0.115. The summed E-state index contributed by atoms with van der Waals surface area (Å²) in [6.07, 6.45) is 0. The van der Waals surface area contributed by atoms with Gasteiger partial charge in [0, 0.05) is 21.2 Å². The topological polar surface area (TPSA) is 41.1 Å². The van der Waals surface area contributed by atoms with E-state index in [0.29, 0.717) is 5.02 Å². The van der Waals surface area contributed by atoms with E-state index in [1.165, 1.54) is 0 Å². The summed E-state index contributed by atoms with van der Waals surface area (Å²) in [5.74, 6) is -0.0868. The molecule has 0 aromatic heterocycles. The maximum Gasteiger partial charge on any atom is 0.238 e. The summed E-state index contributed by atoms with van der Waals surface area (Å²) in [7, 11) is 0. The summed E-state index contributed by atoms with van der Waals surface area (Å²) in [6.45, 7) is 2.26. The van der Waals surface area contributed by atoms with Crippen LogP contribution in [0, 0.1) is 0 Å². The molecule has 110 valence electrons. The minimum atomic E-state index is -0.0868. The third kappa shape index (κ3) is 4.84. The van der Waals surface area contributed by atoms with Crippen LogP contribution in [0.15, 0.2) is 53.0 Å². The van der Waals surface area contributed by atoms with Gasteiger partial charge in [0.2, 0.25) is 5.91 Å². The average molecular weight is 368 g/mol. The molecule has 2 aromatic carbocycles. The van der Waals surface area contributed by atoms with E-state index in [0.717, 1.165) is 15.7 Å². The Balaban J connectivity index is 1.86. The first-order valence-corrected chi connectivity index (χ1v) is 7.76. The second-order valence-electron chi connectivity index (χ2n) is 4.68. The molecule has 21 heavy (non-hydrogen) atoms. The summed E-state index contributed by atoms with van der Waals surface area (Å²) in [4.78, 5) is 11.9. The summed E-state index contributed by atoms with van der Waals surface area (Å²) in [5.41, 5.74) is 1.86. The van der Waals surface area contributed by atoms with Gasteiger partial charge in [0.15, 0.2) is 0 Å². The Hall–Kier alpha value is -1.36. The van der Waals surface area contributed by atoms with Gasteiger partial charge in [-0.3, -0.25) is 4.79 Å². The van der Waals surface area contributed by atoms with E-state index in [-0.39, 0.29) is 18.5 Å². The number of nitrogens with one attached hydrogen (secondary N) is 2. The van der Waals surface area contributed by atoms with Gasteiger partial charge >= 0.3 is 0 Å². The molecule has 0 heterocycles. The van der Waals surface area contributed by atoms with Gasteiger partial charge in [0.1, 0.15) is 0 Å². The van der Waals surface area contributed by atoms with Crippen LogP contribution in [0.1, 0.15) is 18.5 Å². The maximum atomic E-state index is 11.9. The first-order valence-electron chi connectivity index (χ1n) is 6.59. The standard InChI is InChI=1S/C16H16BrClN2O/c1-11(14-4-2-3-5-15(14)17)19-10-16(21)20-13-8-6-12(18)7-9-13/h2-9,11,19H,10H2,1H3,(H,20,21)/t11-/m0/s1. The molecule has 2 rings (SSSR count). The minimum absolute atomic E-state index is 0.0801. The lowest BCUT2D eigenvalue weighted by atomic mass is 10.1. The van der Waals surface area contributed by atoms with Crippen molar-refractivity contribution in [1.29, 1.82) is 0 Å². The summed E-state index contributed by atoms with van der Waals surface area (Å²) >= 11 is 9.32. The van der Waals surface area contributed by atoms with Crippen LogP contribution in [0.25, 0.3) is 0 Å². The Kier molecular flexibility index (Phi) is 5.79. The fourth-order valence-corrected chi connectivity index (χ4v) is 2.67. The van der Waals surface area contributed by atoms with Crippen LogP contribution in [0.3, 0.4) is 0 Å². The molecule has 1 atom stereocenters. The van der Waals surface area contributed by atoms with Crippen molar-refractivity contribution in [2.45, 2.75) is 13.0 Å². The molecule has 0 aliphatic carbocycles. The number of carbonyl (C=O) groups is 1. The van der Waals surface area contributed by atoms with Crippen LogP contribution in [0.4, 0.5) is 5.69 Å². The predicted molar refractivity (Wildman–Crippen MR) is 90.6 cm³/mol. The van der Waals surface area contributed by atoms with Gasteiger partial charge in [0.25, 0.3) is 0 Å². The number of halogens is 2. The zero-order chi connectivity index (χ0) is 15.2. The summed E-state index contributed by atoms with van der Waals surface area (Å²) < 4.78 is 1.03. The lowest BCUT2D eigenvalue weighted by Gasteiger charge is -2.15. The molecule has 3 nitrogen and oxygen atoms in total. The van der Waals surface area contributed by atoms with Crippen LogP contribution < -0.4 is 10.6 Å². The Bertz CT molecular complexity index is 616. The van der Waals surface area contributed by atoms with Crippen LogP contribution in [0.2, 0.25) is 5.02 Å². The normalized spacial score (nSPS) is 12.0. The number of hydrogen-bond donors (Lipinski definition) is 2. The molecular weight excluding hydrogens is 352 g/mol. The van der Waals surface area contributed by atoms with E-state index in [4.69, 9.17) is 11.6 Å². The first-order chi connectivity index (χ1) is 10.1. The fourth-order valence-electron chi connectivity index (χ4n) is 1.92. The molecule has 0 aliphatic heterocycles. The van der Waals surface area contributed by atoms with Crippen LogP contribution in [-0.2, 0) is 4.79 Å². The zero-order valence-corrected chi connectivity index (χ0v) is 13.9. The third-order valence-electron chi connectivity index (χ3n) is 3.07. The maximum absolute atomic E-state index is 11.9. The van der Waals surface area contributed by atoms with Crippen LogP contribution in [-0.4, -0.2) is 12.5 Å². The van der Waals surface area contributed by atoms with Crippen molar-refractivity contribution in [2.24, 2.45) is 0 Å². The van der Waals surface area contributed by atoms with Crippen molar-refractivity contribution in [3.63, 3.8) is 0 Å². The third-order valence-corrected chi connectivity index (χ3v) is 4.04. The largest absolute Gasteiger partial charge is 0.325 e. The number of anilines is 1. The molecule has 2 aromatic rings. The molecule has 0 spiro atoms. The van der Waals surface area contributed by atoms with Crippen LogP contribution >= 0.6 is 27.5 Å². The highest BCUT2D eigenvalue weighted by Gasteiger charge is 2.10. The fraction of sp³-hybridized carbons (Fsp3) is 0.188. The van der Waals surface area contributed by atoms with Gasteiger partial charge in [-0.25, -0.2) is 0 Å². The summed E-state index contributed by atoms with van der Waals surface area (Å²) in [5, 5.41) is 6.67. The van der Waals surface area contributed by atoms with Crippen molar-refractivity contribution >= 4 is 39.1 Å². The molecule has 5 heteroatoms. The van der Waals surface area contributed by atoms with E-state index >= 15 is 0 Å². The molecule has 0 saturated heterocycles. The Morgan fingerprint density at radius 2 is 1.86 bits per heavy atom.